The highest BCUT2D eigenvalue weighted by Gasteiger charge is 2.16. The highest BCUT2D eigenvalue weighted by Crippen LogP contribution is 2.26. The second-order valence-electron chi connectivity index (χ2n) is 4.25. The van der Waals surface area contributed by atoms with Crippen molar-refractivity contribution >= 4 is 22.7 Å². The summed E-state index contributed by atoms with van der Waals surface area (Å²) in [6, 6.07) is 7.56. The molecule has 2 rings (SSSR count). The van der Waals surface area contributed by atoms with E-state index in [2.05, 4.69) is 5.32 Å². The van der Waals surface area contributed by atoms with Crippen molar-refractivity contribution in [1.29, 1.82) is 0 Å². The lowest BCUT2D eigenvalue weighted by atomic mass is 10.2. The third-order valence-corrected chi connectivity index (χ3v) is 3.54. The minimum atomic E-state index is -0.608. The van der Waals surface area contributed by atoms with E-state index in [1.807, 2.05) is 24.4 Å². The quantitative estimate of drug-likeness (QED) is 0.668. The van der Waals surface area contributed by atoms with Crippen LogP contribution in [0.1, 0.15) is 11.8 Å². The molecule has 1 atom stereocenters. The molecule has 0 aliphatic rings. The monoisotopic (exact) mass is 280 g/mol. The predicted octanol–water partition coefficient (Wildman–Crippen LogP) is 3.84. The van der Waals surface area contributed by atoms with Crippen molar-refractivity contribution in [3.05, 3.63) is 56.5 Å². The van der Waals surface area contributed by atoms with Crippen LogP contribution in [0, 0.1) is 15.9 Å². The molecule has 1 unspecified atom stereocenters. The van der Waals surface area contributed by atoms with E-state index in [1.54, 1.807) is 11.3 Å². The summed E-state index contributed by atoms with van der Waals surface area (Å²) in [5, 5.41) is 15.9. The molecular formula is C13H13FN2O2S. The van der Waals surface area contributed by atoms with Crippen molar-refractivity contribution in [3.63, 3.8) is 0 Å². The molecule has 0 bridgehead atoms. The van der Waals surface area contributed by atoms with E-state index in [9.17, 15) is 14.5 Å². The Morgan fingerprint density at radius 2 is 2.26 bits per heavy atom. The normalized spacial score (nSPS) is 12.1. The number of halogens is 1. The Kier molecular flexibility index (Phi) is 4.11. The zero-order chi connectivity index (χ0) is 13.8. The summed E-state index contributed by atoms with van der Waals surface area (Å²) in [6.07, 6.45) is 0.770. The van der Waals surface area contributed by atoms with Gasteiger partial charge in [-0.25, -0.2) is 4.39 Å². The number of nitrogens with zero attached hydrogens (tertiary/aromatic N) is 1. The SMILES string of the molecule is CC(Cc1cccs1)Nc1ccc(F)cc1[N+](=O)[O-]. The average Bonchev–Trinajstić information content (AvgIpc) is 2.83. The minimum absolute atomic E-state index is 0.0304. The van der Waals surface area contributed by atoms with E-state index < -0.39 is 10.7 Å². The number of rotatable bonds is 5. The molecule has 0 spiro atoms. The van der Waals surface area contributed by atoms with Gasteiger partial charge in [0.05, 0.1) is 11.0 Å². The van der Waals surface area contributed by atoms with Gasteiger partial charge < -0.3 is 5.32 Å². The van der Waals surface area contributed by atoms with Crippen LogP contribution < -0.4 is 5.32 Å². The zero-order valence-corrected chi connectivity index (χ0v) is 11.1. The number of thiophene rings is 1. The maximum absolute atomic E-state index is 13.0. The Labute approximate surface area is 114 Å². The second-order valence-corrected chi connectivity index (χ2v) is 5.28. The first-order valence-corrected chi connectivity index (χ1v) is 6.67. The number of nitro groups is 1. The highest BCUT2D eigenvalue weighted by atomic mass is 32.1. The molecule has 2 aromatic rings. The molecule has 1 heterocycles. The van der Waals surface area contributed by atoms with Gasteiger partial charge in [0.2, 0.25) is 0 Å². The fraction of sp³-hybridized carbons (Fsp3) is 0.231. The lowest BCUT2D eigenvalue weighted by molar-refractivity contribution is -0.384. The number of hydrogen-bond donors (Lipinski definition) is 1. The van der Waals surface area contributed by atoms with Gasteiger partial charge in [-0.3, -0.25) is 10.1 Å². The standard InChI is InChI=1S/C13H13FN2O2S/c1-9(7-11-3-2-6-19-11)15-12-5-4-10(14)8-13(12)16(17)18/h2-6,8-9,15H,7H2,1H3. The molecular weight excluding hydrogens is 267 g/mol. The van der Waals surface area contributed by atoms with Crippen LogP contribution in [0.15, 0.2) is 35.7 Å². The zero-order valence-electron chi connectivity index (χ0n) is 10.3. The van der Waals surface area contributed by atoms with Gasteiger partial charge >= 0.3 is 0 Å². The molecule has 4 nitrogen and oxygen atoms in total. The van der Waals surface area contributed by atoms with E-state index >= 15 is 0 Å². The number of hydrogen-bond acceptors (Lipinski definition) is 4. The van der Waals surface area contributed by atoms with E-state index in [0.29, 0.717) is 5.69 Å². The van der Waals surface area contributed by atoms with Crippen molar-refractivity contribution in [2.45, 2.75) is 19.4 Å². The third kappa shape index (κ3) is 3.51. The first-order valence-electron chi connectivity index (χ1n) is 5.79. The van der Waals surface area contributed by atoms with Crippen LogP contribution in [0.4, 0.5) is 15.8 Å². The van der Waals surface area contributed by atoms with E-state index in [0.717, 1.165) is 12.5 Å². The molecule has 19 heavy (non-hydrogen) atoms. The van der Waals surface area contributed by atoms with E-state index in [1.165, 1.54) is 17.0 Å². The third-order valence-electron chi connectivity index (χ3n) is 2.65. The number of nitro benzene ring substituents is 1. The van der Waals surface area contributed by atoms with Crippen LogP contribution in [0.3, 0.4) is 0 Å². The molecule has 1 aromatic carbocycles. The Hall–Kier alpha value is -1.95. The second kappa shape index (κ2) is 5.79. The summed E-state index contributed by atoms with van der Waals surface area (Å²) in [4.78, 5) is 11.5. The van der Waals surface area contributed by atoms with Crippen LogP contribution >= 0.6 is 11.3 Å². The van der Waals surface area contributed by atoms with Gasteiger partial charge in [0.15, 0.2) is 0 Å². The highest BCUT2D eigenvalue weighted by molar-refractivity contribution is 7.09. The van der Waals surface area contributed by atoms with Crippen LogP contribution in [0.2, 0.25) is 0 Å². The summed E-state index contributed by atoms with van der Waals surface area (Å²) < 4.78 is 13.0. The van der Waals surface area contributed by atoms with Crippen molar-refractivity contribution < 1.29 is 9.31 Å². The van der Waals surface area contributed by atoms with Crippen molar-refractivity contribution in [3.8, 4) is 0 Å². The average molecular weight is 280 g/mol. The smallest absolute Gasteiger partial charge is 0.295 e. The molecule has 0 fully saturated rings. The summed E-state index contributed by atoms with van der Waals surface area (Å²) >= 11 is 1.64. The molecule has 1 N–H and O–H groups in total. The number of benzene rings is 1. The first kappa shape index (κ1) is 13.5. The number of nitrogens with one attached hydrogen (secondary N) is 1. The Morgan fingerprint density at radius 3 is 2.89 bits per heavy atom. The molecule has 0 saturated carbocycles. The van der Waals surface area contributed by atoms with Gasteiger partial charge in [0.1, 0.15) is 11.5 Å². The lowest BCUT2D eigenvalue weighted by Gasteiger charge is -2.14. The molecule has 100 valence electrons. The molecule has 0 aliphatic heterocycles. The Balaban J connectivity index is 2.12. The fourth-order valence-corrected chi connectivity index (χ4v) is 2.66. The van der Waals surface area contributed by atoms with Crippen molar-refractivity contribution in [2.24, 2.45) is 0 Å². The summed E-state index contributed by atoms with van der Waals surface area (Å²) in [7, 11) is 0. The topological polar surface area (TPSA) is 55.2 Å². The molecule has 1 aromatic heterocycles. The fourth-order valence-electron chi connectivity index (χ4n) is 1.82. The molecule has 0 aliphatic carbocycles. The lowest BCUT2D eigenvalue weighted by Crippen LogP contribution is -2.18. The van der Waals surface area contributed by atoms with Crippen LogP contribution in [-0.4, -0.2) is 11.0 Å². The Morgan fingerprint density at radius 1 is 1.47 bits per heavy atom. The van der Waals surface area contributed by atoms with E-state index in [4.69, 9.17) is 0 Å². The van der Waals surface area contributed by atoms with Crippen LogP contribution in [0.5, 0.6) is 0 Å². The summed E-state index contributed by atoms with van der Waals surface area (Å²) in [5.74, 6) is -0.608. The van der Waals surface area contributed by atoms with Gasteiger partial charge in [-0.15, -0.1) is 11.3 Å². The molecule has 0 amide bonds. The van der Waals surface area contributed by atoms with Gasteiger partial charge in [0, 0.05) is 17.3 Å². The van der Waals surface area contributed by atoms with Gasteiger partial charge in [0.25, 0.3) is 5.69 Å². The van der Waals surface area contributed by atoms with E-state index in [-0.39, 0.29) is 11.7 Å². The van der Waals surface area contributed by atoms with Gasteiger partial charge in [-0.05, 0) is 30.5 Å². The van der Waals surface area contributed by atoms with Crippen molar-refractivity contribution in [2.75, 3.05) is 5.32 Å². The molecule has 6 heteroatoms. The molecule has 0 radical (unpaired) electrons. The minimum Gasteiger partial charge on any atom is -0.377 e. The predicted molar refractivity (Wildman–Crippen MR) is 74.2 cm³/mol. The summed E-state index contributed by atoms with van der Waals surface area (Å²) in [5.41, 5.74) is 0.105. The summed E-state index contributed by atoms with van der Waals surface area (Å²) in [6.45, 7) is 1.94. The number of anilines is 1. The van der Waals surface area contributed by atoms with Crippen molar-refractivity contribution in [1.82, 2.24) is 0 Å². The maximum atomic E-state index is 13.0. The largest absolute Gasteiger partial charge is 0.377 e. The van der Waals surface area contributed by atoms with Crippen LogP contribution in [-0.2, 0) is 6.42 Å². The maximum Gasteiger partial charge on any atom is 0.295 e. The first-order chi connectivity index (χ1) is 9.06. The molecule has 0 saturated heterocycles. The Bertz CT molecular complexity index is 572. The van der Waals surface area contributed by atoms with Gasteiger partial charge in [-0.1, -0.05) is 6.07 Å². The van der Waals surface area contributed by atoms with Gasteiger partial charge in [-0.2, -0.15) is 0 Å². The van der Waals surface area contributed by atoms with Crippen LogP contribution in [0.25, 0.3) is 0 Å².